The highest BCUT2D eigenvalue weighted by Gasteiger charge is 2.39. The van der Waals surface area contributed by atoms with Gasteiger partial charge < -0.3 is 9.84 Å². The second-order valence-electron chi connectivity index (χ2n) is 5.54. The third kappa shape index (κ3) is 3.26. The van der Waals surface area contributed by atoms with Crippen molar-refractivity contribution < 1.29 is 14.6 Å². The van der Waals surface area contributed by atoms with Crippen LogP contribution in [0.25, 0.3) is 0 Å². The third-order valence-electron chi connectivity index (χ3n) is 3.30. The molecular weight excluding hydrogens is 242 g/mol. The van der Waals surface area contributed by atoms with Crippen LogP contribution in [0, 0.1) is 0 Å². The zero-order valence-electron chi connectivity index (χ0n) is 11.6. The molecule has 1 aromatic rings. The zero-order valence-corrected chi connectivity index (χ0v) is 11.6. The van der Waals surface area contributed by atoms with E-state index in [1.807, 2.05) is 38.1 Å². The van der Waals surface area contributed by atoms with Crippen LogP contribution < -0.4 is 10.1 Å². The smallest absolute Gasteiger partial charge is 0.328 e. The minimum Gasteiger partial charge on any atom is -0.491 e. The van der Waals surface area contributed by atoms with Gasteiger partial charge in [0.05, 0.1) is 6.10 Å². The van der Waals surface area contributed by atoms with Gasteiger partial charge in [0.1, 0.15) is 11.3 Å². The summed E-state index contributed by atoms with van der Waals surface area (Å²) < 4.78 is 5.57. The van der Waals surface area contributed by atoms with Crippen molar-refractivity contribution >= 4 is 5.97 Å². The number of hydrogen-bond donors (Lipinski definition) is 2. The number of carbonyl (C=O) groups is 1. The maximum atomic E-state index is 11.6. The highest BCUT2D eigenvalue weighted by molar-refractivity contribution is 5.80. The van der Waals surface area contributed by atoms with Crippen LogP contribution in [0.5, 0.6) is 5.75 Å². The number of benzene rings is 1. The summed E-state index contributed by atoms with van der Waals surface area (Å²) in [5, 5.41) is 12.7. The minimum atomic E-state index is -1.03. The number of ether oxygens (including phenoxy) is 1. The van der Waals surface area contributed by atoms with E-state index in [0.29, 0.717) is 6.04 Å². The minimum absolute atomic E-state index is 0.112. The lowest BCUT2D eigenvalue weighted by molar-refractivity contribution is -0.144. The molecular formula is C15H21NO3. The summed E-state index contributed by atoms with van der Waals surface area (Å²) in [5.74, 6) is -0.0881. The summed E-state index contributed by atoms with van der Waals surface area (Å²) in [7, 11) is 0. The van der Waals surface area contributed by atoms with Gasteiger partial charge in [-0.25, -0.2) is 4.79 Å². The second kappa shape index (κ2) is 5.21. The van der Waals surface area contributed by atoms with Crippen molar-refractivity contribution in [2.75, 3.05) is 0 Å². The van der Waals surface area contributed by atoms with Crippen LogP contribution in [0.4, 0.5) is 0 Å². The van der Waals surface area contributed by atoms with E-state index in [0.717, 1.165) is 24.2 Å². The number of nitrogens with one attached hydrogen (secondary N) is 1. The monoisotopic (exact) mass is 263 g/mol. The van der Waals surface area contributed by atoms with Gasteiger partial charge in [-0.2, -0.15) is 0 Å². The summed E-state index contributed by atoms with van der Waals surface area (Å²) in [6, 6.07) is 7.62. The van der Waals surface area contributed by atoms with E-state index in [-0.39, 0.29) is 6.10 Å². The summed E-state index contributed by atoms with van der Waals surface area (Å²) in [6.45, 7) is 5.64. The Morgan fingerprint density at radius 1 is 1.37 bits per heavy atom. The summed E-state index contributed by atoms with van der Waals surface area (Å²) >= 11 is 0. The van der Waals surface area contributed by atoms with Crippen molar-refractivity contribution in [3.05, 3.63) is 29.8 Å². The van der Waals surface area contributed by atoms with Crippen LogP contribution in [0.15, 0.2) is 24.3 Å². The molecule has 0 spiro atoms. The molecule has 0 radical (unpaired) electrons. The van der Waals surface area contributed by atoms with Gasteiger partial charge in [-0.15, -0.1) is 0 Å². The molecule has 19 heavy (non-hydrogen) atoms. The molecule has 0 aliphatic heterocycles. The normalized spacial score (nSPS) is 18.1. The topological polar surface area (TPSA) is 58.6 Å². The highest BCUT2D eigenvalue weighted by atomic mass is 16.5. The Morgan fingerprint density at radius 2 is 1.95 bits per heavy atom. The van der Waals surface area contributed by atoms with E-state index in [1.54, 1.807) is 6.92 Å². The first kappa shape index (κ1) is 13.9. The van der Waals surface area contributed by atoms with Crippen molar-refractivity contribution in [1.29, 1.82) is 0 Å². The van der Waals surface area contributed by atoms with E-state index in [2.05, 4.69) is 5.32 Å². The van der Waals surface area contributed by atoms with Crippen LogP contribution in [0.1, 0.15) is 39.2 Å². The van der Waals surface area contributed by atoms with Crippen LogP contribution >= 0.6 is 0 Å². The zero-order chi connectivity index (χ0) is 14.0. The van der Waals surface area contributed by atoms with Crippen molar-refractivity contribution in [1.82, 2.24) is 5.32 Å². The third-order valence-corrected chi connectivity index (χ3v) is 3.30. The second-order valence-corrected chi connectivity index (χ2v) is 5.54. The molecule has 0 saturated heterocycles. The standard InChI is InChI=1S/C15H21NO3/c1-10(2)19-13-8-4-11(5-9-13)15(3,14(17)18)16-12-6-7-12/h4-5,8-10,12,16H,6-7H2,1-3H3,(H,17,18). The van der Waals surface area contributed by atoms with Gasteiger partial charge in [0.15, 0.2) is 0 Å². The Morgan fingerprint density at radius 3 is 2.37 bits per heavy atom. The highest BCUT2D eigenvalue weighted by Crippen LogP contribution is 2.29. The molecule has 1 atom stereocenters. The average molecular weight is 263 g/mol. The van der Waals surface area contributed by atoms with Gasteiger partial charge in [0.2, 0.25) is 0 Å². The molecule has 2 rings (SSSR count). The molecule has 1 aromatic carbocycles. The fourth-order valence-corrected chi connectivity index (χ4v) is 2.04. The lowest BCUT2D eigenvalue weighted by Gasteiger charge is -2.27. The Balaban J connectivity index is 2.19. The first-order chi connectivity index (χ1) is 8.91. The first-order valence-corrected chi connectivity index (χ1v) is 6.70. The molecule has 2 N–H and O–H groups in total. The van der Waals surface area contributed by atoms with Crippen molar-refractivity contribution in [2.45, 2.75) is 51.3 Å². The summed E-state index contributed by atoms with van der Waals surface area (Å²) in [6.07, 6.45) is 2.22. The SMILES string of the molecule is CC(C)Oc1ccc(C(C)(NC2CC2)C(=O)O)cc1. The van der Waals surface area contributed by atoms with Gasteiger partial charge in [0, 0.05) is 6.04 Å². The van der Waals surface area contributed by atoms with Gasteiger partial charge >= 0.3 is 5.97 Å². The quantitative estimate of drug-likeness (QED) is 0.828. The van der Waals surface area contributed by atoms with Gasteiger partial charge in [-0.05, 0) is 51.3 Å². The first-order valence-electron chi connectivity index (χ1n) is 6.70. The molecule has 1 aliphatic rings. The van der Waals surface area contributed by atoms with Crippen LogP contribution in [0.2, 0.25) is 0 Å². The Hall–Kier alpha value is -1.55. The number of carboxylic acid groups (broad SMARTS) is 1. The summed E-state index contributed by atoms with van der Waals surface area (Å²) in [4.78, 5) is 11.6. The molecule has 1 fully saturated rings. The number of rotatable bonds is 6. The molecule has 0 bridgehead atoms. The predicted octanol–water partition coefficient (Wildman–Crippen LogP) is 2.53. The maximum absolute atomic E-state index is 11.6. The number of carboxylic acids is 1. The van der Waals surface area contributed by atoms with E-state index in [4.69, 9.17) is 4.74 Å². The molecule has 1 unspecified atom stereocenters. The van der Waals surface area contributed by atoms with E-state index in [9.17, 15) is 9.90 Å². The van der Waals surface area contributed by atoms with Gasteiger partial charge in [0.25, 0.3) is 0 Å². The Bertz CT molecular complexity index is 451. The molecule has 0 aromatic heterocycles. The maximum Gasteiger partial charge on any atom is 0.328 e. The predicted molar refractivity (Wildman–Crippen MR) is 73.4 cm³/mol. The fraction of sp³-hybridized carbons (Fsp3) is 0.533. The molecule has 0 heterocycles. The van der Waals surface area contributed by atoms with E-state index >= 15 is 0 Å². The van der Waals surface area contributed by atoms with Crippen LogP contribution in [0.3, 0.4) is 0 Å². The Labute approximate surface area is 113 Å². The number of hydrogen-bond acceptors (Lipinski definition) is 3. The molecule has 4 nitrogen and oxygen atoms in total. The summed E-state index contributed by atoms with van der Waals surface area (Å²) in [5.41, 5.74) is -0.277. The van der Waals surface area contributed by atoms with Gasteiger partial charge in [-0.3, -0.25) is 5.32 Å². The van der Waals surface area contributed by atoms with Crippen molar-refractivity contribution in [2.24, 2.45) is 0 Å². The van der Waals surface area contributed by atoms with Gasteiger partial charge in [-0.1, -0.05) is 12.1 Å². The average Bonchev–Trinajstić information content (AvgIpc) is 3.12. The number of aliphatic carboxylic acids is 1. The largest absolute Gasteiger partial charge is 0.491 e. The van der Waals surface area contributed by atoms with E-state index < -0.39 is 11.5 Å². The van der Waals surface area contributed by atoms with Crippen molar-refractivity contribution in [3.8, 4) is 5.75 Å². The van der Waals surface area contributed by atoms with Crippen molar-refractivity contribution in [3.63, 3.8) is 0 Å². The van der Waals surface area contributed by atoms with Crippen LogP contribution in [-0.2, 0) is 10.3 Å². The molecule has 1 saturated carbocycles. The molecule has 104 valence electrons. The van der Waals surface area contributed by atoms with Crippen LogP contribution in [-0.4, -0.2) is 23.2 Å². The fourth-order valence-electron chi connectivity index (χ4n) is 2.04. The lowest BCUT2D eigenvalue weighted by Crippen LogP contribution is -2.47. The Kier molecular flexibility index (Phi) is 3.80. The lowest BCUT2D eigenvalue weighted by atomic mass is 9.92. The molecule has 4 heteroatoms. The molecule has 1 aliphatic carbocycles. The van der Waals surface area contributed by atoms with E-state index in [1.165, 1.54) is 0 Å². The molecule has 0 amide bonds.